The number of ether oxygens (including phenoxy) is 1. The zero-order valence-electron chi connectivity index (χ0n) is 25.1. The molecule has 0 spiro atoms. The molecule has 1 N–H and O–H groups in total. The standard InChI is InChI=1S/C33H37F5N4O2/c1-5-24(6-2)31(41-15-14-25(34)18-22(41)4)32(43)39-20-23-8-13-30(29(35)19-23)40-16-17-42(26(7-3)21-40)27-9-11-28(12-10-27)44-33(36,37)38/h8-15,18-19,26H,4-7,16-17,20-21H2,1-3H3,(H,39,43)/t26-/m0/s1. The third-order valence-corrected chi connectivity index (χ3v) is 7.80. The summed E-state index contributed by atoms with van der Waals surface area (Å²) in [6, 6.07) is 10.7. The maximum Gasteiger partial charge on any atom is 0.573 e. The van der Waals surface area contributed by atoms with Crippen molar-refractivity contribution in [3.8, 4) is 5.75 Å². The van der Waals surface area contributed by atoms with Crippen LogP contribution >= 0.6 is 0 Å². The third-order valence-electron chi connectivity index (χ3n) is 7.80. The van der Waals surface area contributed by atoms with E-state index < -0.39 is 18.0 Å². The van der Waals surface area contributed by atoms with Gasteiger partial charge in [-0.25, -0.2) is 8.78 Å². The molecule has 0 aromatic heterocycles. The highest BCUT2D eigenvalue weighted by molar-refractivity contribution is 5.94. The summed E-state index contributed by atoms with van der Waals surface area (Å²) >= 11 is 0. The molecule has 44 heavy (non-hydrogen) atoms. The Morgan fingerprint density at radius 3 is 2.34 bits per heavy atom. The quantitative estimate of drug-likeness (QED) is 0.219. The summed E-state index contributed by atoms with van der Waals surface area (Å²) in [4.78, 5) is 19.0. The SMILES string of the molecule is C=C1C=C(F)C=CN1C(C(=O)NCc1ccc(N2CCN(c3ccc(OC(F)(F)F)cc3)[C@@H](CC)C2)c(F)c1)=C(CC)CC. The molecule has 0 unspecified atom stereocenters. The fourth-order valence-electron chi connectivity index (χ4n) is 5.55. The fourth-order valence-corrected chi connectivity index (χ4v) is 5.55. The van der Waals surface area contributed by atoms with E-state index in [-0.39, 0.29) is 24.2 Å². The highest BCUT2D eigenvalue weighted by atomic mass is 19.4. The molecule has 0 aliphatic carbocycles. The molecule has 1 fully saturated rings. The number of nitrogens with one attached hydrogen (secondary N) is 1. The number of hydrogen-bond donors (Lipinski definition) is 1. The van der Waals surface area contributed by atoms with Gasteiger partial charge in [-0.1, -0.05) is 33.4 Å². The van der Waals surface area contributed by atoms with Gasteiger partial charge in [-0.05, 0) is 78.9 Å². The molecule has 1 atom stereocenters. The Kier molecular flexibility index (Phi) is 10.4. The molecule has 11 heteroatoms. The van der Waals surface area contributed by atoms with Crippen molar-refractivity contribution in [2.24, 2.45) is 0 Å². The summed E-state index contributed by atoms with van der Waals surface area (Å²) in [5.41, 5.74) is 3.38. The molecule has 2 aromatic carbocycles. The molecule has 2 heterocycles. The Morgan fingerprint density at radius 2 is 1.75 bits per heavy atom. The van der Waals surface area contributed by atoms with Gasteiger partial charge < -0.3 is 24.8 Å². The monoisotopic (exact) mass is 616 g/mol. The molecule has 1 amide bonds. The van der Waals surface area contributed by atoms with E-state index in [4.69, 9.17) is 0 Å². The van der Waals surface area contributed by atoms with E-state index in [1.807, 2.05) is 25.7 Å². The molecule has 6 nitrogen and oxygen atoms in total. The van der Waals surface area contributed by atoms with Crippen molar-refractivity contribution >= 4 is 17.3 Å². The number of anilines is 2. The lowest BCUT2D eigenvalue weighted by atomic mass is 10.0. The number of amides is 1. The van der Waals surface area contributed by atoms with E-state index in [0.29, 0.717) is 55.1 Å². The van der Waals surface area contributed by atoms with Crippen LogP contribution in [0.15, 0.2) is 90.2 Å². The first-order valence-corrected chi connectivity index (χ1v) is 14.6. The van der Waals surface area contributed by atoms with Crippen LogP contribution in [-0.2, 0) is 11.3 Å². The first kappa shape index (κ1) is 32.6. The van der Waals surface area contributed by atoms with E-state index in [2.05, 4.69) is 21.5 Å². The van der Waals surface area contributed by atoms with Gasteiger partial charge in [0.25, 0.3) is 5.91 Å². The van der Waals surface area contributed by atoms with Crippen molar-refractivity contribution < 1.29 is 31.5 Å². The molecule has 0 bridgehead atoms. The van der Waals surface area contributed by atoms with Gasteiger partial charge in [0.1, 0.15) is 23.1 Å². The summed E-state index contributed by atoms with van der Waals surface area (Å²) in [5, 5.41) is 2.87. The number of nitrogens with zero attached hydrogens (tertiary/aromatic N) is 3. The molecule has 4 rings (SSSR count). The van der Waals surface area contributed by atoms with Crippen LogP contribution in [0.5, 0.6) is 5.75 Å². The average molecular weight is 617 g/mol. The summed E-state index contributed by atoms with van der Waals surface area (Å²) in [5.74, 6) is -1.51. The fraction of sp³-hybridized carbons (Fsp3) is 0.364. The number of alkyl halides is 3. The number of carbonyl (C=O) groups excluding carboxylic acids is 1. The van der Waals surface area contributed by atoms with E-state index in [0.717, 1.165) is 17.7 Å². The van der Waals surface area contributed by atoms with Gasteiger partial charge in [0.15, 0.2) is 0 Å². The van der Waals surface area contributed by atoms with Crippen molar-refractivity contribution in [2.75, 3.05) is 29.4 Å². The number of carbonyl (C=O) groups is 1. The molecule has 236 valence electrons. The normalized spacial score (nSPS) is 17.0. The van der Waals surface area contributed by atoms with Crippen LogP contribution in [0.3, 0.4) is 0 Å². The highest BCUT2D eigenvalue weighted by Crippen LogP contribution is 2.31. The topological polar surface area (TPSA) is 48.1 Å². The predicted molar refractivity (Wildman–Crippen MR) is 162 cm³/mol. The number of benzene rings is 2. The Labute approximate surface area is 254 Å². The smallest absolute Gasteiger partial charge is 0.406 e. The van der Waals surface area contributed by atoms with E-state index in [9.17, 15) is 22.4 Å². The Bertz CT molecular complexity index is 1440. The second-order valence-corrected chi connectivity index (χ2v) is 10.6. The second kappa shape index (κ2) is 14.0. The van der Waals surface area contributed by atoms with Gasteiger partial charge in [0.2, 0.25) is 0 Å². The van der Waals surface area contributed by atoms with Crippen molar-refractivity contribution in [3.63, 3.8) is 0 Å². The summed E-state index contributed by atoms with van der Waals surface area (Å²) < 4.78 is 70.7. The van der Waals surface area contributed by atoms with Crippen LogP contribution in [-0.4, -0.2) is 42.8 Å². The number of rotatable bonds is 10. The minimum atomic E-state index is -4.75. The van der Waals surface area contributed by atoms with Crippen LogP contribution < -0.4 is 19.9 Å². The van der Waals surface area contributed by atoms with Crippen LogP contribution in [0.25, 0.3) is 0 Å². The molecular formula is C33H37F5N4O2. The second-order valence-electron chi connectivity index (χ2n) is 10.6. The van der Waals surface area contributed by atoms with Crippen molar-refractivity contribution in [3.05, 3.63) is 102 Å². The molecule has 2 aliphatic rings. The summed E-state index contributed by atoms with van der Waals surface area (Å²) in [6.45, 7) is 11.5. The van der Waals surface area contributed by atoms with Gasteiger partial charge >= 0.3 is 6.36 Å². The van der Waals surface area contributed by atoms with Crippen LogP contribution in [0.4, 0.5) is 33.3 Å². The lowest BCUT2D eigenvalue weighted by Crippen LogP contribution is -2.53. The lowest BCUT2D eigenvalue weighted by Gasteiger charge is -2.43. The maximum absolute atomic E-state index is 15.4. The zero-order chi connectivity index (χ0) is 32.0. The molecule has 2 aromatic rings. The van der Waals surface area contributed by atoms with Gasteiger partial charge in [0, 0.05) is 49.8 Å². The van der Waals surface area contributed by atoms with E-state index in [1.54, 1.807) is 29.2 Å². The van der Waals surface area contributed by atoms with Gasteiger partial charge in [-0.2, -0.15) is 0 Å². The zero-order valence-corrected chi connectivity index (χ0v) is 25.1. The minimum absolute atomic E-state index is 0.00921. The van der Waals surface area contributed by atoms with E-state index >= 15 is 4.39 Å². The molecule has 2 aliphatic heterocycles. The molecular weight excluding hydrogens is 579 g/mol. The largest absolute Gasteiger partial charge is 0.573 e. The van der Waals surface area contributed by atoms with Crippen LogP contribution in [0.1, 0.15) is 45.6 Å². The van der Waals surface area contributed by atoms with Crippen molar-refractivity contribution in [1.82, 2.24) is 10.2 Å². The number of piperazine rings is 1. The summed E-state index contributed by atoms with van der Waals surface area (Å²) in [6.07, 6.45) is 1.25. The van der Waals surface area contributed by atoms with Gasteiger partial charge in [-0.3, -0.25) is 4.79 Å². The lowest BCUT2D eigenvalue weighted by molar-refractivity contribution is -0.274. The maximum atomic E-state index is 15.4. The van der Waals surface area contributed by atoms with Crippen molar-refractivity contribution in [1.29, 1.82) is 0 Å². The number of halogens is 5. The average Bonchev–Trinajstić information content (AvgIpc) is 2.98. The molecule has 0 saturated carbocycles. The minimum Gasteiger partial charge on any atom is -0.406 e. The number of hydrogen-bond acceptors (Lipinski definition) is 5. The first-order chi connectivity index (χ1) is 20.9. The van der Waals surface area contributed by atoms with Gasteiger partial charge in [0.05, 0.1) is 5.69 Å². The number of allylic oxidation sites excluding steroid dienone is 4. The van der Waals surface area contributed by atoms with Crippen LogP contribution in [0.2, 0.25) is 0 Å². The highest BCUT2D eigenvalue weighted by Gasteiger charge is 2.32. The predicted octanol–water partition coefficient (Wildman–Crippen LogP) is 7.72. The van der Waals surface area contributed by atoms with Crippen LogP contribution in [0, 0.1) is 5.82 Å². The Hall–Kier alpha value is -4.28. The van der Waals surface area contributed by atoms with Gasteiger partial charge in [-0.15, -0.1) is 13.2 Å². The first-order valence-electron chi connectivity index (χ1n) is 14.6. The molecule has 1 saturated heterocycles. The summed E-state index contributed by atoms with van der Waals surface area (Å²) in [7, 11) is 0. The Balaban J connectivity index is 1.42. The van der Waals surface area contributed by atoms with Crippen molar-refractivity contribution in [2.45, 2.75) is 59.0 Å². The third kappa shape index (κ3) is 7.81. The van der Waals surface area contributed by atoms with E-state index in [1.165, 1.54) is 36.6 Å². The molecule has 0 radical (unpaired) electrons. The Morgan fingerprint density at radius 1 is 1.05 bits per heavy atom.